The minimum atomic E-state index is -0.653. The van der Waals surface area contributed by atoms with E-state index in [4.69, 9.17) is 4.74 Å². The van der Waals surface area contributed by atoms with Crippen LogP contribution in [0.1, 0.15) is 28.3 Å². The molecule has 0 saturated carbocycles. The average Bonchev–Trinajstić information content (AvgIpc) is 2.61. The Bertz CT molecular complexity index is 912. The number of hydrogen-bond acceptors (Lipinski definition) is 3. The van der Waals surface area contributed by atoms with Crippen LogP contribution >= 0.6 is 0 Å². The van der Waals surface area contributed by atoms with E-state index in [1.165, 1.54) is 0 Å². The molecular weight excluding hydrogens is 354 g/mol. The first-order valence-corrected chi connectivity index (χ1v) is 9.09. The summed E-state index contributed by atoms with van der Waals surface area (Å²) in [6.07, 6.45) is 0. The van der Waals surface area contributed by atoms with Crippen molar-refractivity contribution >= 4 is 17.6 Å². The summed E-state index contributed by atoms with van der Waals surface area (Å²) >= 11 is 0. The summed E-state index contributed by atoms with van der Waals surface area (Å²) < 4.78 is 5.15. The van der Waals surface area contributed by atoms with Crippen LogP contribution in [0.3, 0.4) is 0 Å². The van der Waals surface area contributed by atoms with Gasteiger partial charge in [0.1, 0.15) is 11.7 Å². The molecule has 0 unspecified atom stereocenters. The Kier molecular flexibility index (Phi) is 5.40. The number of aryl methyl sites for hydroxylation is 3. The first-order valence-electron chi connectivity index (χ1n) is 9.09. The Hall–Kier alpha value is -3.28. The van der Waals surface area contributed by atoms with Crippen molar-refractivity contribution < 1.29 is 14.3 Å². The maximum absolute atomic E-state index is 13.1. The SMILES string of the molecule is C=C1NC(=O)N[C@H](c2c(C)cc(C)cc2C)[C@@H]1C(=O)Nc1ccc(OC)cc1. The molecule has 2 aromatic carbocycles. The summed E-state index contributed by atoms with van der Waals surface area (Å²) in [6.45, 7) is 9.94. The van der Waals surface area contributed by atoms with E-state index in [0.29, 0.717) is 17.1 Å². The van der Waals surface area contributed by atoms with E-state index in [1.807, 2.05) is 20.8 Å². The summed E-state index contributed by atoms with van der Waals surface area (Å²) in [7, 11) is 1.59. The number of anilines is 1. The molecule has 3 rings (SSSR count). The summed E-state index contributed by atoms with van der Waals surface area (Å²) in [4.78, 5) is 25.2. The monoisotopic (exact) mass is 379 g/mol. The Morgan fingerprint density at radius 3 is 2.29 bits per heavy atom. The van der Waals surface area contributed by atoms with Crippen molar-refractivity contribution in [3.8, 4) is 5.75 Å². The highest BCUT2D eigenvalue weighted by molar-refractivity contribution is 5.97. The van der Waals surface area contributed by atoms with E-state index in [2.05, 4.69) is 34.7 Å². The lowest BCUT2D eigenvalue weighted by molar-refractivity contribution is -0.119. The van der Waals surface area contributed by atoms with E-state index >= 15 is 0 Å². The molecule has 0 spiro atoms. The van der Waals surface area contributed by atoms with Crippen molar-refractivity contribution in [1.29, 1.82) is 0 Å². The van der Waals surface area contributed by atoms with Gasteiger partial charge in [-0.2, -0.15) is 0 Å². The van der Waals surface area contributed by atoms with Crippen LogP contribution < -0.4 is 20.7 Å². The van der Waals surface area contributed by atoms with E-state index in [-0.39, 0.29) is 11.9 Å². The maximum Gasteiger partial charge on any atom is 0.319 e. The van der Waals surface area contributed by atoms with Gasteiger partial charge in [0.15, 0.2) is 0 Å². The quantitative estimate of drug-likeness (QED) is 0.757. The molecule has 1 heterocycles. The zero-order valence-corrected chi connectivity index (χ0v) is 16.6. The highest BCUT2D eigenvalue weighted by atomic mass is 16.5. The number of rotatable bonds is 4. The Balaban J connectivity index is 1.94. The minimum Gasteiger partial charge on any atom is -0.497 e. The van der Waals surface area contributed by atoms with Gasteiger partial charge < -0.3 is 20.7 Å². The standard InChI is InChI=1S/C22H25N3O3/c1-12-10-13(2)18(14(3)11-12)20-19(15(4)23-22(27)25-20)21(26)24-16-6-8-17(28-5)9-7-16/h6-11,19-20H,4H2,1-3,5H3,(H,24,26)(H2,23,25,27)/t19-,20-/m1/s1. The van der Waals surface area contributed by atoms with Crippen LogP contribution in [0.25, 0.3) is 0 Å². The largest absolute Gasteiger partial charge is 0.497 e. The third-order valence-electron chi connectivity index (χ3n) is 4.96. The van der Waals surface area contributed by atoms with Gasteiger partial charge in [0.2, 0.25) is 5.91 Å². The first-order chi connectivity index (χ1) is 13.3. The summed E-state index contributed by atoms with van der Waals surface area (Å²) in [5.41, 5.74) is 5.15. The lowest BCUT2D eigenvalue weighted by Gasteiger charge is -2.35. The second-order valence-electron chi connectivity index (χ2n) is 7.11. The molecule has 28 heavy (non-hydrogen) atoms. The van der Waals surface area contributed by atoms with Crippen molar-refractivity contribution in [2.45, 2.75) is 26.8 Å². The first kappa shape index (κ1) is 19.5. The molecule has 6 heteroatoms. The second-order valence-corrected chi connectivity index (χ2v) is 7.11. The molecular formula is C22H25N3O3. The molecule has 2 atom stereocenters. The average molecular weight is 379 g/mol. The molecule has 0 aliphatic carbocycles. The fourth-order valence-corrected chi connectivity index (χ4v) is 3.81. The van der Waals surface area contributed by atoms with Gasteiger partial charge in [-0.25, -0.2) is 4.79 Å². The third kappa shape index (κ3) is 3.86. The Morgan fingerprint density at radius 1 is 1.11 bits per heavy atom. The number of hydrogen-bond donors (Lipinski definition) is 3. The number of amides is 3. The second kappa shape index (κ2) is 7.76. The lowest BCUT2D eigenvalue weighted by atomic mass is 9.83. The van der Waals surface area contributed by atoms with Gasteiger partial charge in [-0.15, -0.1) is 0 Å². The summed E-state index contributed by atoms with van der Waals surface area (Å²) in [5, 5.41) is 8.46. The molecule has 3 N–H and O–H groups in total. The number of nitrogens with one attached hydrogen (secondary N) is 3. The number of carbonyl (C=O) groups is 2. The molecule has 2 aromatic rings. The van der Waals surface area contributed by atoms with Gasteiger partial charge in [0, 0.05) is 11.4 Å². The summed E-state index contributed by atoms with van der Waals surface area (Å²) in [5.74, 6) is -0.190. The van der Waals surface area contributed by atoms with Gasteiger partial charge in [-0.1, -0.05) is 24.3 Å². The van der Waals surface area contributed by atoms with Crippen LogP contribution in [0.4, 0.5) is 10.5 Å². The minimum absolute atomic E-state index is 0.243. The zero-order valence-electron chi connectivity index (χ0n) is 16.6. The Labute approximate surface area is 165 Å². The van der Waals surface area contributed by atoms with Crippen molar-refractivity contribution in [2.75, 3.05) is 12.4 Å². The van der Waals surface area contributed by atoms with E-state index < -0.39 is 12.0 Å². The predicted octanol–water partition coefficient (Wildman–Crippen LogP) is 3.74. The van der Waals surface area contributed by atoms with Crippen molar-refractivity contribution in [3.63, 3.8) is 0 Å². The predicted molar refractivity (Wildman–Crippen MR) is 109 cm³/mol. The fourth-order valence-electron chi connectivity index (χ4n) is 3.81. The fraction of sp³-hybridized carbons (Fsp3) is 0.273. The molecule has 1 aliphatic heterocycles. The van der Waals surface area contributed by atoms with Crippen molar-refractivity contribution in [1.82, 2.24) is 10.6 Å². The van der Waals surface area contributed by atoms with E-state index in [0.717, 1.165) is 22.3 Å². The summed E-state index contributed by atoms with van der Waals surface area (Å²) in [6, 6.07) is 10.3. The zero-order chi connectivity index (χ0) is 20.4. The molecule has 1 fully saturated rings. The molecule has 3 amide bonds. The van der Waals surface area contributed by atoms with E-state index in [9.17, 15) is 9.59 Å². The van der Waals surface area contributed by atoms with Crippen LogP contribution in [0, 0.1) is 26.7 Å². The topological polar surface area (TPSA) is 79.5 Å². The molecule has 1 saturated heterocycles. The van der Waals surface area contributed by atoms with Crippen LogP contribution in [-0.4, -0.2) is 19.0 Å². The molecule has 0 bridgehead atoms. The molecule has 6 nitrogen and oxygen atoms in total. The van der Waals surface area contributed by atoms with Gasteiger partial charge >= 0.3 is 6.03 Å². The molecule has 146 valence electrons. The van der Waals surface area contributed by atoms with Crippen LogP contribution in [0.15, 0.2) is 48.7 Å². The van der Waals surface area contributed by atoms with Gasteiger partial charge in [0.05, 0.1) is 13.2 Å². The highest BCUT2D eigenvalue weighted by Gasteiger charge is 2.39. The van der Waals surface area contributed by atoms with Crippen LogP contribution in [0.5, 0.6) is 5.75 Å². The molecule has 1 aliphatic rings. The molecule has 0 radical (unpaired) electrons. The van der Waals surface area contributed by atoms with E-state index in [1.54, 1.807) is 31.4 Å². The number of ether oxygens (including phenoxy) is 1. The number of methoxy groups -OCH3 is 1. The lowest BCUT2D eigenvalue weighted by Crippen LogP contribution is -2.52. The maximum atomic E-state index is 13.1. The van der Waals surface area contributed by atoms with Crippen molar-refractivity contribution in [2.24, 2.45) is 5.92 Å². The third-order valence-corrected chi connectivity index (χ3v) is 4.96. The van der Waals surface area contributed by atoms with Gasteiger partial charge in [0.25, 0.3) is 0 Å². The smallest absolute Gasteiger partial charge is 0.319 e. The van der Waals surface area contributed by atoms with Crippen LogP contribution in [0.2, 0.25) is 0 Å². The number of benzene rings is 2. The van der Waals surface area contributed by atoms with Crippen LogP contribution in [-0.2, 0) is 4.79 Å². The van der Waals surface area contributed by atoms with Gasteiger partial charge in [-0.3, -0.25) is 4.79 Å². The normalized spacial score (nSPS) is 18.9. The molecule has 0 aromatic heterocycles. The van der Waals surface area contributed by atoms with Crippen molar-refractivity contribution in [3.05, 3.63) is 70.9 Å². The Morgan fingerprint density at radius 2 is 1.71 bits per heavy atom. The highest BCUT2D eigenvalue weighted by Crippen LogP contribution is 2.34. The van der Waals surface area contributed by atoms with Gasteiger partial charge in [-0.05, 0) is 61.7 Å². The number of carbonyl (C=O) groups excluding carboxylic acids is 2. The number of urea groups is 1.